The number of nitrogen functional groups attached to an aromatic ring is 1. The third-order valence-electron chi connectivity index (χ3n) is 5.53. The molecule has 0 saturated heterocycles. The van der Waals surface area contributed by atoms with E-state index >= 15 is 0 Å². The fraction of sp³-hybridized carbons (Fsp3) is 0.148. The number of aromatic nitrogens is 2. The summed E-state index contributed by atoms with van der Waals surface area (Å²) in [6, 6.07) is 14.3. The molecule has 0 radical (unpaired) electrons. The van der Waals surface area contributed by atoms with Gasteiger partial charge in [-0.25, -0.2) is 18.7 Å². The molecule has 1 aromatic heterocycles. The average molecular weight is 655 g/mol. The second-order valence-electron chi connectivity index (χ2n) is 8.35. The number of benzene rings is 3. The first-order valence-electron chi connectivity index (χ1n) is 11.6. The Kier molecular flexibility index (Phi) is 11.3. The summed E-state index contributed by atoms with van der Waals surface area (Å²) in [5.74, 6) is -3.27. The second-order valence-corrected chi connectivity index (χ2v) is 10.0. The van der Waals surface area contributed by atoms with E-state index in [1.165, 1.54) is 12.3 Å². The van der Waals surface area contributed by atoms with Gasteiger partial charge in [0, 0.05) is 15.6 Å². The van der Waals surface area contributed by atoms with Crippen LogP contribution in [0.4, 0.5) is 14.6 Å². The van der Waals surface area contributed by atoms with Gasteiger partial charge in [0.2, 0.25) is 0 Å². The molecule has 4 rings (SSSR count). The molecule has 4 aromatic rings. The number of anilines is 1. The van der Waals surface area contributed by atoms with E-state index in [0.29, 0.717) is 20.2 Å². The molecular weight excluding hydrogens is 631 g/mol. The average Bonchev–Trinajstić information content (AvgIpc) is 2.92. The Hall–Kier alpha value is -3.19. The van der Waals surface area contributed by atoms with Crippen LogP contribution in [0.2, 0.25) is 10.0 Å². The van der Waals surface area contributed by atoms with Crippen LogP contribution in [0.5, 0.6) is 0 Å². The summed E-state index contributed by atoms with van der Waals surface area (Å²) in [6.45, 7) is -0.544. The fourth-order valence-electron chi connectivity index (χ4n) is 3.55. The molecule has 13 heteroatoms. The van der Waals surface area contributed by atoms with Crippen LogP contribution < -0.4 is 16.8 Å². The van der Waals surface area contributed by atoms with Gasteiger partial charge in [0.1, 0.15) is 33.3 Å². The monoisotopic (exact) mass is 653 g/mol. The number of halogens is 5. The standard InChI is InChI=1S/C19H14BrClF2N4O2.C8H10ClNO/c20-15-7-25-18(24)17(27-15)10-5-12(22)16(13(23)6-10)19(29)26-14(8-28)9-2-1-3-11(21)4-9;9-7-3-1-2-6(4-7)8(10)5-11/h1-7,14,28H,8H2,(H2,24,25)(H,26,29);1-4,8,11H,5,10H2/t14-;8-/m11/s1. The predicted octanol–water partition coefficient (Wildman–Crippen LogP) is 5.22. The van der Waals surface area contributed by atoms with Crippen LogP contribution in [0.1, 0.15) is 33.6 Å². The van der Waals surface area contributed by atoms with Crippen molar-refractivity contribution in [3.8, 4) is 11.3 Å². The van der Waals surface area contributed by atoms with Crippen LogP contribution in [0.15, 0.2) is 71.5 Å². The first kappa shape index (κ1) is 31.3. The van der Waals surface area contributed by atoms with Crippen molar-refractivity contribution in [1.29, 1.82) is 0 Å². The van der Waals surface area contributed by atoms with Gasteiger partial charge in [-0.15, -0.1) is 0 Å². The number of carbonyl (C=O) groups excluding carboxylic acids is 1. The maximum atomic E-state index is 14.6. The van der Waals surface area contributed by atoms with Gasteiger partial charge < -0.3 is 27.0 Å². The number of rotatable bonds is 7. The molecule has 8 nitrogen and oxygen atoms in total. The lowest BCUT2D eigenvalue weighted by molar-refractivity contribution is 0.0907. The van der Waals surface area contributed by atoms with Gasteiger partial charge in [-0.1, -0.05) is 47.5 Å². The Morgan fingerprint density at radius 3 is 2.10 bits per heavy atom. The lowest BCUT2D eigenvalue weighted by Gasteiger charge is -2.18. The van der Waals surface area contributed by atoms with Gasteiger partial charge >= 0.3 is 0 Å². The van der Waals surface area contributed by atoms with Crippen molar-refractivity contribution >= 4 is 50.9 Å². The van der Waals surface area contributed by atoms with Crippen molar-refractivity contribution in [1.82, 2.24) is 15.3 Å². The molecule has 1 heterocycles. The van der Waals surface area contributed by atoms with Crippen molar-refractivity contribution in [2.45, 2.75) is 12.1 Å². The smallest absolute Gasteiger partial charge is 0.257 e. The zero-order chi connectivity index (χ0) is 29.4. The third kappa shape index (κ3) is 8.17. The molecule has 0 saturated carbocycles. The Bertz CT molecular complexity index is 1480. The third-order valence-corrected chi connectivity index (χ3v) is 6.38. The van der Waals surface area contributed by atoms with E-state index in [4.69, 9.17) is 39.8 Å². The van der Waals surface area contributed by atoms with E-state index in [1.807, 2.05) is 12.1 Å². The highest BCUT2D eigenvalue weighted by Crippen LogP contribution is 2.28. The largest absolute Gasteiger partial charge is 0.394 e. The fourth-order valence-corrected chi connectivity index (χ4v) is 4.22. The van der Waals surface area contributed by atoms with Crippen molar-refractivity contribution in [2.24, 2.45) is 5.73 Å². The first-order chi connectivity index (χ1) is 19.0. The SMILES string of the molecule is N[C@H](CO)c1cccc(Cl)c1.Nc1ncc(Br)nc1-c1cc(F)c(C(=O)N[C@H](CO)c2cccc(Cl)c2)c(F)c1. The molecule has 0 spiro atoms. The number of nitrogens with one attached hydrogen (secondary N) is 1. The van der Waals surface area contributed by atoms with Gasteiger partial charge in [0.25, 0.3) is 5.91 Å². The van der Waals surface area contributed by atoms with E-state index in [2.05, 4.69) is 31.2 Å². The summed E-state index contributed by atoms with van der Waals surface area (Å²) in [6.07, 6.45) is 1.35. The Morgan fingerprint density at radius 1 is 0.975 bits per heavy atom. The zero-order valence-electron chi connectivity index (χ0n) is 20.7. The summed E-state index contributed by atoms with van der Waals surface area (Å²) >= 11 is 14.7. The number of nitrogens with zero attached hydrogens (tertiary/aromatic N) is 2. The Labute approximate surface area is 247 Å². The van der Waals surface area contributed by atoms with E-state index in [9.17, 15) is 18.7 Å². The van der Waals surface area contributed by atoms with Crippen LogP contribution in [-0.4, -0.2) is 39.3 Å². The molecule has 0 aliphatic carbocycles. The number of nitrogens with two attached hydrogens (primary N) is 2. The number of carbonyl (C=O) groups is 1. The first-order valence-corrected chi connectivity index (χ1v) is 13.2. The van der Waals surface area contributed by atoms with E-state index in [1.54, 1.807) is 30.3 Å². The lowest BCUT2D eigenvalue weighted by atomic mass is 10.0. The normalized spacial score (nSPS) is 12.2. The van der Waals surface area contributed by atoms with E-state index in [0.717, 1.165) is 17.7 Å². The van der Waals surface area contributed by atoms with Crippen molar-refractivity contribution in [2.75, 3.05) is 18.9 Å². The van der Waals surface area contributed by atoms with Crippen molar-refractivity contribution in [3.05, 3.63) is 110 Å². The minimum Gasteiger partial charge on any atom is -0.394 e. The zero-order valence-corrected chi connectivity index (χ0v) is 23.8. The highest BCUT2D eigenvalue weighted by atomic mass is 79.9. The Morgan fingerprint density at radius 2 is 1.55 bits per heavy atom. The molecule has 0 unspecified atom stereocenters. The van der Waals surface area contributed by atoms with E-state index in [-0.39, 0.29) is 29.7 Å². The summed E-state index contributed by atoms with van der Waals surface area (Å²) in [7, 11) is 0. The number of hydrogen-bond donors (Lipinski definition) is 5. The molecule has 3 aromatic carbocycles. The van der Waals surface area contributed by atoms with Gasteiger partial charge in [-0.2, -0.15) is 0 Å². The topological polar surface area (TPSA) is 147 Å². The summed E-state index contributed by atoms with van der Waals surface area (Å²) in [4.78, 5) is 20.4. The highest BCUT2D eigenvalue weighted by Gasteiger charge is 2.23. The minimum atomic E-state index is -1.11. The second kappa shape index (κ2) is 14.4. The molecular formula is C27H24BrCl2F2N5O3. The quantitative estimate of drug-likeness (QED) is 0.184. The number of hydrogen-bond acceptors (Lipinski definition) is 7. The summed E-state index contributed by atoms with van der Waals surface area (Å²) < 4.78 is 29.6. The van der Waals surface area contributed by atoms with Crippen LogP contribution in [-0.2, 0) is 0 Å². The number of aliphatic hydroxyl groups excluding tert-OH is 2. The van der Waals surface area contributed by atoms with Crippen LogP contribution in [0.25, 0.3) is 11.3 Å². The van der Waals surface area contributed by atoms with Gasteiger partial charge in [0.05, 0.1) is 31.5 Å². The molecule has 0 aliphatic heterocycles. The van der Waals surface area contributed by atoms with Gasteiger partial charge in [-0.05, 0) is 63.5 Å². The van der Waals surface area contributed by atoms with Gasteiger partial charge in [-0.3, -0.25) is 4.79 Å². The van der Waals surface area contributed by atoms with Crippen LogP contribution >= 0.6 is 39.1 Å². The maximum absolute atomic E-state index is 14.6. The maximum Gasteiger partial charge on any atom is 0.257 e. The molecule has 0 bridgehead atoms. The molecule has 40 heavy (non-hydrogen) atoms. The number of amides is 1. The summed E-state index contributed by atoms with van der Waals surface area (Å²) in [5.41, 5.74) is 11.9. The van der Waals surface area contributed by atoms with E-state index < -0.39 is 35.8 Å². The highest BCUT2D eigenvalue weighted by molar-refractivity contribution is 9.10. The van der Waals surface area contributed by atoms with Crippen molar-refractivity contribution < 1.29 is 23.8 Å². The molecule has 7 N–H and O–H groups in total. The van der Waals surface area contributed by atoms with Crippen molar-refractivity contribution in [3.63, 3.8) is 0 Å². The summed E-state index contributed by atoms with van der Waals surface area (Å²) in [5, 5.41) is 21.7. The number of aliphatic hydroxyl groups is 2. The lowest BCUT2D eigenvalue weighted by Crippen LogP contribution is -2.32. The minimum absolute atomic E-state index is 0.0227. The molecule has 210 valence electrons. The molecule has 2 atom stereocenters. The predicted molar refractivity (Wildman–Crippen MR) is 154 cm³/mol. The molecule has 0 aliphatic rings. The molecule has 1 amide bonds. The Balaban J connectivity index is 0.000000336. The van der Waals surface area contributed by atoms with Crippen LogP contribution in [0.3, 0.4) is 0 Å². The molecule has 0 fully saturated rings. The van der Waals surface area contributed by atoms with Crippen LogP contribution in [0, 0.1) is 11.6 Å². The van der Waals surface area contributed by atoms with Gasteiger partial charge in [0.15, 0.2) is 0 Å².